The molecule has 8 heteroatoms. The lowest BCUT2D eigenvalue weighted by atomic mass is 9.94. The number of nitrogens with zero attached hydrogens (tertiary/aromatic N) is 3. The van der Waals surface area contributed by atoms with Crippen molar-refractivity contribution in [1.82, 2.24) is 9.80 Å². The highest BCUT2D eigenvalue weighted by Crippen LogP contribution is 2.37. The van der Waals surface area contributed by atoms with Gasteiger partial charge in [0.2, 0.25) is 0 Å². The molecule has 0 N–H and O–H groups in total. The van der Waals surface area contributed by atoms with Crippen molar-refractivity contribution >= 4 is 32.9 Å². The van der Waals surface area contributed by atoms with Crippen molar-refractivity contribution in [3.63, 3.8) is 0 Å². The fourth-order valence-electron chi connectivity index (χ4n) is 3.18. The van der Waals surface area contributed by atoms with E-state index in [9.17, 15) is 13.2 Å². The van der Waals surface area contributed by atoms with Crippen molar-refractivity contribution in [2.24, 2.45) is 4.40 Å². The predicted octanol–water partition coefficient (Wildman–Crippen LogP) is 3.04. The summed E-state index contributed by atoms with van der Waals surface area (Å²) in [6.07, 6.45) is 6.73. The number of thioether (sulfide) groups is 1. The number of amidine groups is 1. The average molecular weight is 394 g/mol. The minimum Gasteiger partial charge on any atom is -0.382 e. The van der Waals surface area contributed by atoms with Crippen LogP contribution in [0.5, 0.6) is 0 Å². The largest absolute Gasteiger partial charge is 0.382 e. The molecule has 1 heterocycles. The minimum absolute atomic E-state index is 0.0153. The van der Waals surface area contributed by atoms with Crippen LogP contribution < -0.4 is 0 Å². The molecule has 140 valence electrons. The zero-order valence-electron chi connectivity index (χ0n) is 15.0. The molecule has 0 unspecified atom stereocenters. The molecule has 0 radical (unpaired) electrons. The number of hydrogen-bond acceptors (Lipinski definition) is 5. The Balaban J connectivity index is 2.00. The van der Waals surface area contributed by atoms with E-state index < -0.39 is 10.0 Å². The first kappa shape index (κ1) is 19.0. The van der Waals surface area contributed by atoms with Gasteiger partial charge >= 0.3 is 0 Å². The van der Waals surface area contributed by atoms with Gasteiger partial charge in [0.05, 0.1) is 9.80 Å². The summed E-state index contributed by atoms with van der Waals surface area (Å²) in [5, 5.41) is 0.263. The summed E-state index contributed by atoms with van der Waals surface area (Å²) in [6, 6.07) is 8.13. The van der Waals surface area contributed by atoms with E-state index in [0.717, 1.165) is 43.9 Å². The van der Waals surface area contributed by atoms with E-state index in [1.54, 1.807) is 34.2 Å². The van der Waals surface area contributed by atoms with Crippen molar-refractivity contribution < 1.29 is 13.2 Å². The molecule has 1 saturated heterocycles. The molecule has 0 spiro atoms. The topological polar surface area (TPSA) is 70.1 Å². The lowest BCUT2D eigenvalue weighted by molar-refractivity contribution is -0.124. The van der Waals surface area contributed by atoms with Crippen molar-refractivity contribution in [3.05, 3.63) is 41.4 Å². The Morgan fingerprint density at radius 3 is 2.42 bits per heavy atom. The Hall–Kier alpha value is -1.80. The van der Waals surface area contributed by atoms with E-state index in [1.165, 1.54) is 12.1 Å². The average Bonchev–Trinajstić information content (AvgIpc) is 2.90. The molecule has 0 bridgehead atoms. The molecular weight excluding hydrogens is 370 g/mol. The fraction of sp³-hybridized carbons (Fsp3) is 0.444. The third-order valence-electron chi connectivity index (χ3n) is 4.39. The van der Waals surface area contributed by atoms with Gasteiger partial charge in [0.15, 0.2) is 5.17 Å². The summed E-state index contributed by atoms with van der Waals surface area (Å²) in [4.78, 5) is 16.9. The molecule has 2 aliphatic rings. The maximum absolute atomic E-state index is 12.9. The van der Waals surface area contributed by atoms with Gasteiger partial charge in [-0.15, -0.1) is 4.40 Å². The van der Waals surface area contributed by atoms with Crippen LogP contribution in [0.2, 0.25) is 0 Å². The van der Waals surface area contributed by atoms with Gasteiger partial charge in [0.25, 0.3) is 15.9 Å². The van der Waals surface area contributed by atoms with Crippen molar-refractivity contribution in [2.75, 3.05) is 14.1 Å². The highest BCUT2D eigenvalue weighted by Gasteiger charge is 2.40. The first-order chi connectivity index (χ1) is 12.4. The fourth-order valence-corrected chi connectivity index (χ4v) is 5.50. The summed E-state index contributed by atoms with van der Waals surface area (Å²) < 4.78 is 29.4. The van der Waals surface area contributed by atoms with E-state index in [-0.39, 0.29) is 22.0 Å². The van der Waals surface area contributed by atoms with Crippen LogP contribution in [0.4, 0.5) is 0 Å². The summed E-state index contributed by atoms with van der Waals surface area (Å²) in [7, 11) is -0.188. The van der Waals surface area contributed by atoms with Gasteiger partial charge in [-0.25, -0.2) is 0 Å². The first-order valence-electron chi connectivity index (χ1n) is 8.68. The third-order valence-corrected chi connectivity index (χ3v) is 6.76. The molecular formula is C18H23N3O3S2. The maximum atomic E-state index is 12.9. The molecule has 1 aromatic carbocycles. The van der Waals surface area contributed by atoms with Gasteiger partial charge < -0.3 is 4.90 Å². The van der Waals surface area contributed by atoms with Crippen molar-refractivity contribution in [3.8, 4) is 0 Å². The Bertz CT molecular complexity index is 826. The van der Waals surface area contributed by atoms with Gasteiger partial charge in [0, 0.05) is 26.3 Å². The summed E-state index contributed by atoms with van der Waals surface area (Å²) in [6.45, 7) is 0. The van der Waals surface area contributed by atoms with E-state index in [4.69, 9.17) is 0 Å². The standard InChI is InChI=1S/C18H23N3O3S2/c1-20(2)13-16-17(22)21(14-9-5-3-6-10-14)18(25-16)19-26(23,24)15-11-7-4-8-12-15/h4,7-8,11-14H,3,5-6,9-10H2,1-2H3/b16-13+,19-18?. The number of hydrogen-bond donors (Lipinski definition) is 0. The quantitative estimate of drug-likeness (QED) is 0.736. The normalized spacial score (nSPS) is 22.4. The molecule has 1 aliphatic carbocycles. The van der Waals surface area contributed by atoms with Crippen LogP contribution >= 0.6 is 11.8 Å². The van der Waals surface area contributed by atoms with Crippen LogP contribution in [0.15, 0.2) is 50.7 Å². The zero-order chi connectivity index (χ0) is 18.7. The van der Waals surface area contributed by atoms with Gasteiger partial charge in [0.1, 0.15) is 0 Å². The molecule has 0 atom stereocenters. The molecule has 6 nitrogen and oxygen atoms in total. The van der Waals surface area contributed by atoms with Crippen molar-refractivity contribution in [1.29, 1.82) is 0 Å². The Morgan fingerprint density at radius 2 is 1.81 bits per heavy atom. The molecule has 1 aliphatic heterocycles. The second-order valence-electron chi connectivity index (χ2n) is 6.69. The predicted molar refractivity (Wildman–Crippen MR) is 104 cm³/mol. The SMILES string of the molecule is CN(C)/C=C1/SC(=NS(=O)(=O)c2ccccc2)N(C2CCCCC2)C1=O. The monoisotopic (exact) mass is 393 g/mol. The number of amides is 1. The Morgan fingerprint density at radius 1 is 1.15 bits per heavy atom. The highest BCUT2D eigenvalue weighted by molar-refractivity contribution is 8.19. The number of sulfonamides is 1. The van der Waals surface area contributed by atoms with E-state index in [2.05, 4.69) is 4.40 Å². The van der Waals surface area contributed by atoms with E-state index in [0.29, 0.717) is 4.91 Å². The molecule has 1 aromatic rings. The second kappa shape index (κ2) is 7.84. The Labute approximate surface area is 159 Å². The van der Waals surface area contributed by atoms with Gasteiger partial charge in [-0.3, -0.25) is 9.69 Å². The van der Waals surface area contributed by atoms with Crippen molar-refractivity contribution in [2.45, 2.75) is 43.0 Å². The number of carbonyl (C=O) groups is 1. The minimum atomic E-state index is -3.86. The van der Waals surface area contributed by atoms with Crippen LogP contribution in [0, 0.1) is 0 Å². The number of benzene rings is 1. The number of carbonyl (C=O) groups excluding carboxylic acids is 1. The van der Waals surface area contributed by atoms with Gasteiger partial charge in [-0.2, -0.15) is 8.42 Å². The maximum Gasteiger partial charge on any atom is 0.284 e. The molecule has 26 heavy (non-hydrogen) atoms. The first-order valence-corrected chi connectivity index (χ1v) is 10.9. The molecule has 2 fully saturated rings. The smallest absolute Gasteiger partial charge is 0.284 e. The summed E-state index contributed by atoms with van der Waals surface area (Å²) in [5.74, 6) is -0.155. The molecule has 1 saturated carbocycles. The van der Waals surface area contributed by atoms with Gasteiger partial charge in [-0.05, 0) is 36.7 Å². The van der Waals surface area contributed by atoms with Crippen LogP contribution in [0.1, 0.15) is 32.1 Å². The van der Waals surface area contributed by atoms with Crippen LogP contribution in [0.25, 0.3) is 0 Å². The second-order valence-corrected chi connectivity index (χ2v) is 9.30. The van der Waals surface area contributed by atoms with Crippen LogP contribution in [0.3, 0.4) is 0 Å². The number of rotatable bonds is 4. The molecule has 0 aromatic heterocycles. The highest BCUT2D eigenvalue weighted by atomic mass is 32.2. The lowest BCUT2D eigenvalue weighted by Gasteiger charge is -2.30. The molecule has 3 rings (SSSR count). The van der Waals surface area contributed by atoms with Gasteiger partial charge in [-0.1, -0.05) is 37.5 Å². The Kier molecular flexibility index (Phi) is 5.72. The summed E-state index contributed by atoms with van der Waals surface area (Å²) in [5.41, 5.74) is 0. The van der Waals surface area contributed by atoms with Crippen LogP contribution in [-0.4, -0.2) is 49.4 Å². The summed E-state index contributed by atoms with van der Waals surface area (Å²) >= 11 is 1.14. The lowest BCUT2D eigenvalue weighted by Crippen LogP contribution is -2.40. The molecule has 1 amide bonds. The zero-order valence-corrected chi connectivity index (χ0v) is 16.6. The third kappa shape index (κ3) is 4.12. The van der Waals surface area contributed by atoms with Crippen LogP contribution in [-0.2, 0) is 14.8 Å². The van der Waals surface area contributed by atoms with E-state index in [1.807, 2.05) is 14.1 Å². The van der Waals surface area contributed by atoms with E-state index >= 15 is 0 Å².